The molecule has 0 saturated carbocycles. The number of nitrogens with zero attached hydrogens (tertiary/aromatic N) is 2. The molecule has 0 aliphatic carbocycles. The number of rotatable bonds is 3. The number of carbonyl (C=O) groups is 1. The number of carbonyl (C=O) groups excluding carboxylic acids is 1. The molecular weight excluding hydrogens is 278 g/mol. The molecule has 7 heteroatoms. The fourth-order valence-electron chi connectivity index (χ4n) is 1.69. The van der Waals surface area contributed by atoms with E-state index < -0.39 is 10.8 Å². The number of benzene rings is 1. The lowest BCUT2D eigenvalue weighted by molar-refractivity contribution is -0.385. The van der Waals surface area contributed by atoms with E-state index in [-0.39, 0.29) is 11.3 Å². The van der Waals surface area contributed by atoms with Crippen LogP contribution in [0, 0.1) is 28.4 Å². The Balaban J connectivity index is 2.34. The molecule has 2 aromatic rings. The molecule has 6 nitrogen and oxygen atoms in total. The Morgan fingerprint density at radius 2 is 2.15 bits per heavy atom. The molecule has 2 rings (SSSR count). The molecule has 0 fully saturated rings. The highest BCUT2D eigenvalue weighted by molar-refractivity contribution is 7.16. The van der Waals surface area contributed by atoms with Crippen LogP contribution in [0.3, 0.4) is 0 Å². The van der Waals surface area contributed by atoms with E-state index in [1.54, 1.807) is 12.1 Å². The second-order valence-corrected chi connectivity index (χ2v) is 5.20. The fourth-order valence-corrected chi connectivity index (χ4v) is 2.54. The Morgan fingerprint density at radius 1 is 1.45 bits per heavy atom. The second kappa shape index (κ2) is 5.50. The van der Waals surface area contributed by atoms with Crippen molar-refractivity contribution in [3.05, 3.63) is 56.5 Å². The summed E-state index contributed by atoms with van der Waals surface area (Å²) in [7, 11) is 0. The average molecular weight is 287 g/mol. The van der Waals surface area contributed by atoms with Gasteiger partial charge in [0.2, 0.25) is 0 Å². The first-order valence-electron chi connectivity index (χ1n) is 5.58. The molecule has 0 spiro atoms. The van der Waals surface area contributed by atoms with Crippen LogP contribution in [0.2, 0.25) is 0 Å². The largest absolute Gasteiger partial charge is 0.312 e. The third kappa shape index (κ3) is 2.65. The Kier molecular flexibility index (Phi) is 3.77. The normalized spacial score (nSPS) is 9.80. The van der Waals surface area contributed by atoms with Crippen molar-refractivity contribution in [2.75, 3.05) is 5.32 Å². The molecule has 0 unspecified atom stereocenters. The first-order valence-corrected chi connectivity index (χ1v) is 6.40. The van der Waals surface area contributed by atoms with E-state index in [1.165, 1.54) is 29.5 Å². The van der Waals surface area contributed by atoms with Crippen LogP contribution < -0.4 is 5.32 Å². The van der Waals surface area contributed by atoms with Gasteiger partial charge in [0, 0.05) is 10.9 Å². The molecule has 0 radical (unpaired) electrons. The molecule has 20 heavy (non-hydrogen) atoms. The van der Waals surface area contributed by atoms with Gasteiger partial charge in [-0.15, -0.1) is 11.3 Å². The van der Waals surface area contributed by atoms with Crippen molar-refractivity contribution in [1.29, 1.82) is 5.26 Å². The molecule has 0 aliphatic rings. The van der Waals surface area contributed by atoms with Crippen molar-refractivity contribution in [1.82, 2.24) is 0 Å². The van der Waals surface area contributed by atoms with Gasteiger partial charge in [0.15, 0.2) is 0 Å². The van der Waals surface area contributed by atoms with E-state index in [1.807, 2.05) is 13.0 Å². The number of nitro benzene ring substituents is 1. The monoisotopic (exact) mass is 287 g/mol. The Labute approximate surface area is 118 Å². The number of anilines is 1. The van der Waals surface area contributed by atoms with Gasteiger partial charge in [0.1, 0.15) is 16.6 Å². The number of hydrogen-bond donors (Lipinski definition) is 1. The van der Waals surface area contributed by atoms with Crippen LogP contribution in [0.4, 0.5) is 10.7 Å². The number of thiophene rings is 1. The van der Waals surface area contributed by atoms with Gasteiger partial charge in [-0.25, -0.2) is 0 Å². The van der Waals surface area contributed by atoms with Crippen LogP contribution in [0.1, 0.15) is 20.8 Å². The highest BCUT2D eigenvalue weighted by Gasteiger charge is 2.20. The zero-order valence-corrected chi connectivity index (χ0v) is 11.2. The van der Waals surface area contributed by atoms with Crippen molar-refractivity contribution >= 4 is 27.9 Å². The maximum atomic E-state index is 12.1. The van der Waals surface area contributed by atoms with Crippen molar-refractivity contribution in [3.63, 3.8) is 0 Å². The maximum Gasteiger partial charge on any atom is 0.282 e. The summed E-state index contributed by atoms with van der Waals surface area (Å²) in [5, 5.41) is 22.8. The van der Waals surface area contributed by atoms with Crippen molar-refractivity contribution in [2.24, 2.45) is 0 Å². The molecule has 0 bridgehead atoms. The number of amides is 1. The predicted octanol–water partition coefficient (Wildman–Crippen LogP) is 3.09. The van der Waals surface area contributed by atoms with Gasteiger partial charge in [0.05, 0.1) is 10.5 Å². The van der Waals surface area contributed by atoms with E-state index >= 15 is 0 Å². The van der Waals surface area contributed by atoms with Gasteiger partial charge in [-0.2, -0.15) is 5.26 Å². The minimum atomic E-state index is -0.611. The van der Waals surface area contributed by atoms with Gasteiger partial charge in [-0.05, 0) is 19.1 Å². The highest BCUT2D eigenvalue weighted by Crippen LogP contribution is 2.28. The molecular formula is C13H9N3O3S. The summed E-state index contributed by atoms with van der Waals surface area (Å²) < 4.78 is 0. The Hall–Kier alpha value is -2.72. The third-order valence-electron chi connectivity index (χ3n) is 2.55. The molecule has 0 aliphatic heterocycles. The summed E-state index contributed by atoms with van der Waals surface area (Å²) in [6.07, 6.45) is 0. The zero-order chi connectivity index (χ0) is 14.7. The summed E-state index contributed by atoms with van der Waals surface area (Å²) >= 11 is 1.25. The van der Waals surface area contributed by atoms with Crippen LogP contribution in [0.25, 0.3) is 0 Å². The SMILES string of the molecule is Cc1cc(C#N)c(NC(=O)c2ccccc2[N+](=O)[O-])s1. The molecule has 1 N–H and O–H groups in total. The lowest BCUT2D eigenvalue weighted by Crippen LogP contribution is -2.13. The Morgan fingerprint density at radius 3 is 2.80 bits per heavy atom. The fraction of sp³-hybridized carbons (Fsp3) is 0.0769. The van der Waals surface area contributed by atoms with Gasteiger partial charge >= 0.3 is 0 Å². The standard InChI is InChI=1S/C13H9N3O3S/c1-8-6-9(7-14)13(20-8)15-12(17)10-4-2-3-5-11(10)16(18)19/h2-6H,1H3,(H,15,17). The van der Waals surface area contributed by atoms with Crippen LogP contribution in [0.15, 0.2) is 30.3 Å². The third-order valence-corrected chi connectivity index (χ3v) is 3.51. The number of nitrogens with one attached hydrogen (secondary N) is 1. The molecule has 100 valence electrons. The molecule has 1 aromatic carbocycles. The van der Waals surface area contributed by atoms with Crippen LogP contribution in [-0.4, -0.2) is 10.8 Å². The van der Waals surface area contributed by atoms with Crippen LogP contribution in [0.5, 0.6) is 0 Å². The summed E-state index contributed by atoms with van der Waals surface area (Å²) in [6, 6.07) is 9.30. The van der Waals surface area contributed by atoms with Gasteiger partial charge in [0.25, 0.3) is 11.6 Å². The summed E-state index contributed by atoms with van der Waals surface area (Å²) in [4.78, 5) is 23.2. The molecule has 0 atom stereocenters. The zero-order valence-electron chi connectivity index (χ0n) is 10.4. The molecule has 1 heterocycles. The van der Waals surface area contributed by atoms with Gasteiger partial charge in [-0.1, -0.05) is 12.1 Å². The van der Waals surface area contributed by atoms with Crippen molar-refractivity contribution in [2.45, 2.75) is 6.92 Å². The van der Waals surface area contributed by atoms with Crippen LogP contribution in [-0.2, 0) is 0 Å². The quantitative estimate of drug-likeness (QED) is 0.693. The molecule has 1 amide bonds. The second-order valence-electron chi connectivity index (χ2n) is 3.94. The van der Waals surface area contributed by atoms with Gasteiger partial charge < -0.3 is 5.32 Å². The van der Waals surface area contributed by atoms with Crippen LogP contribution >= 0.6 is 11.3 Å². The maximum absolute atomic E-state index is 12.1. The first-order chi connectivity index (χ1) is 9.52. The van der Waals surface area contributed by atoms with E-state index in [9.17, 15) is 14.9 Å². The summed E-state index contributed by atoms with van der Waals surface area (Å²) in [5.41, 5.74) is 0.0451. The van der Waals surface area contributed by atoms with E-state index in [0.717, 1.165) is 4.88 Å². The van der Waals surface area contributed by atoms with E-state index in [4.69, 9.17) is 5.26 Å². The van der Waals surface area contributed by atoms with Crippen molar-refractivity contribution in [3.8, 4) is 6.07 Å². The minimum Gasteiger partial charge on any atom is -0.312 e. The number of aryl methyl sites for hydroxylation is 1. The predicted molar refractivity (Wildman–Crippen MR) is 74.8 cm³/mol. The lowest BCUT2D eigenvalue weighted by Gasteiger charge is -2.04. The van der Waals surface area contributed by atoms with Crippen molar-refractivity contribution < 1.29 is 9.72 Å². The van der Waals surface area contributed by atoms with E-state index in [2.05, 4.69) is 5.32 Å². The summed E-state index contributed by atoms with van der Waals surface area (Å²) in [5.74, 6) is -0.601. The highest BCUT2D eigenvalue weighted by atomic mass is 32.1. The number of nitro groups is 1. The minimum absolute atomic E-state index is 0.0348. The number of nitriles is 1. The molecule has 1 aromatic heterocycles. The van der Waals surface area contributed by atoms with Gasteiger partial charge in [-0.3, -0.25) is 14.9 Å². The number of hydrogen-bond acceptors (Lipinski definition) is 5. The van der Waals surface area contributed by atoms with E-state index in [0.29, 0.717) is 10.6 Å². The first kappa shape index (κ1) is 13.7. The smallest absolute Gasteiger partial charge is 0.282 e. The lowest BCUT2D eigenvalue weighted by atomic mass is 10.1. The number of para-hydroxylation sites is 1. The topological polar surface area (TPSA) is 96.0 Å². The Bertz CT molecular complexity index is 731. The average Bonchev–Trinajstić information content (AvgIpc) is 2.78. The molecule has 0 saturated heterocycles. The summed E-state index contributed by atoms with van der Waals surface area (Å²) in [6.45, 7) is 1.81.